The highest BCUT2D eigenvalue weighted by molar-refractivity contribution is 5.80. The summed E-state index contributed by atoms with van der Waals surface area (Å²) in [6.45, 7) is 4.38. The number of esters is 1. The summed E-state index contributed by atoms with van der Waals surface area (Å²) in [6, 6.07) is 8.14. The Balaban J connectivity index is 2.16. The van der Waals surface area contributed by atoms with Crippen LogP contribution in [0.3, 0.4) is 0 Å². The second-order valence-corrected chi connectivity index (χ2v) is 4.14. The Morgan fingerprint density at radius 3 is 2.71 bits per heavy atom. The topological polar surface area (TPSA) is 32.8 Å². The third kappa shape index (κ3) is 2.52. The van der Waals surface area contributed by atoms with Gasteiger partial charge in [-0.1, -0.05) is 12.1 Å². The van der Waals surface area contributed by atoms with Gasteiger partial charge in [-0.25, -0.2) is 0 Å². The van der Waals surface area contributed by atoms with Crippen LogP contribution in [0.15, 0.2) is 24.3 Å². The summed E-state index contributed by atoms with van der Waals surface area (Å²) in [6.07, 6.45) is 0. The van der Waals surface area contributed by atoms with Crippen molar-refractivity contribution in [1.82, 2.24) is 0 Å². The molecule has 0 aromatic heterocycles. The van der Waals surface area contributed by atoms with Crippen LogP contribution in [-0.2, 0) is 9.53 Å². The highest BCUT2D eigenvalue weighted by Gasteiger charge is 2.21. The maximum atomic E-state index is 11.5. The second-order valence-electron chi connectivity index (χ2n) is 4.14. The maximum Gasteiger partial charge on any atom is 0.325 e. The van der Waals surface area contributed by atoms with E-state index in [0.717, 1.165) is 18.8 Å². The van der Waals surface area contributed by atoms with Crippen molar-refractivity contribution in [3.8, 4) is 0 Å². The number of carbonyl (C=O) groups excluding carboxylic acids is 1. The molecule has 92 valence electrons. The van der Waals surface area contributed by atoms with E-state index >= 15 is 0 Å². The van der Waals surface area contributed by atoms with Crippen molar-refractivity contribution in [2.45, 2.75) is 6.92 Å². The lowest BCUT2D eigenvalue weighted by Gasteiger charge is -2.36. The van der Waals surface area contributed by atoms with Crippen LogP contribution in [0.5, 0.6) is 0 Å². The highest BCUT2D eigenvalue weighted by Crippen LogP contribution is 2.31. The Morgan fingerprint density at radius 2 is 2.00 bits per heavy atom. The van der Waals surface area contributed by atoms with E-state index in [2.05, 4.69) is 22.9 Å². The molecule has 1 aromatic rings. The number of rotatable bonds is 3. The monoisotopic (exact) mass is 234 g/mol. The molecule has 2 rings (SSSR count). The molecule has 0 radical (unpaired) electrons. The molecule has 4 heteroatoms. The van der Waals surface area contributed by atoms with Crippen molar-refractivity contribution in [3.63, 3.8) is 0 Å². The lowest BCUT2D eigenvalue weighted by Crippen LogP contribution is -2.42. The number of ether oxygens (including phenoxy) is 1. The van der Waals surface area contributed by atoms with Crippen LogP contribution < -0.4 is 9.80 Å². The molecule has 0 fully saturated rings. The van der Waals surface area contributed by atoms with Crippen molar-refractivity contribution >= 4 is 17.3 Å². The van der Waals surface area contributed by atoms with Crippen molar-refractivity contribution in [2.24, 2.45) is 0 Å². The standard InChI is InChI=1S/C13H18N2O2/c1-3-17-13(16)10-15-9-8-14(2)11-6-4-5-7-12(11)15/h4-7H,3,8-10H2,1-2H3. The van der Waals surface area contributed by atoms with Crippen LogP contribution in [0.2, 0.25) is 0 Å². The summed E-state index contributed by atoms with van der Waals surface area (Å²) < 4.78 is 4.99. The van der Waals surface area contributed by atoms with E-state index in [1.54, 1.807) is 0 Å². The zero-order chi connectivity index (χ0) is 12.3. The van der Waals surface area contributed by atoms with E-state index in [1.165, 1.54) is 5.69 Å². The molecule has 0 spiro atoms. The molecule has 1 aliphatic heterocycles. The summed E-state index contributed by atoms with van der Waals surface area (Å²) in [7, 11) is 2.07. The van der Waals surface area contributed by atoms with Crippen LogP contribution in [0.4, 0.5) is 11.4 Å². The third-order valence-electron chi connectivity index (χ3n) is 2.96. The lowest BCUT2D eigenvalue weighted by atomic mass is 10.2. The SMILES string of the molecule is CCOC(=O)CN1CCN(C)c2ccccc21. The first kappa shape index (κ1) is 11.8. The van der Waals surface area contributed by atoms with Gasteiger partial charge in [-0.3, -0.25) is 4.79 Å². The van der Waals surface area contributed by atoms with Gasteiger partial charge in [0.25, 0.3) is 0 Å². The average molecular weight is 234 g/mol. The summed E-state index contributed by atoms with van der Waals surface area (Å²) in [4.78, 5) is 15.8. The number of nitrogens with zero attached hydrogens (tertiary/aromatic N) is 2. The zero-order valence-electron chi connectivity index (χ0n) is 10.3. The van der Waals surface area contributed by atoms with E-state index in [1.807, 2.05) is 25.1 Å². The fourth-order valence-corrected chi connectivity index (χ4v) is 2.09. The van der Waals surface area contributed by atoms with Gasteiger partial charge >= 0.3 is 5.97 Å². The first-order valence-corrected chi connectivity index (χ1v) is 5.93. The predicted molar refractivity (Wildman–Crippen MR) is 68.6 cm³/mol. The first-order chi connectivity index (χ1) is 8.22. The summed E-state index contributed by atoms with van der Waals surface area (Å²) in [5.74, 6) is -0.160. The number of likely N-dealkylation sites (N-methyl/N-ethyl adjacent to an activating group) is 1. The molecule has 0 atom stereocenters. The number of para-hydroxylation sites is 2. The van der Waals surface area contributed by atoms with Crippen LogP contribution in [0.1, 0.15) is 6.92 Å². The van der Waals surface area contributed by atoms with Gasteiger partial charge in [-0.2, -0.15) is 0 Å². The maximum absolute atomic E-state index is 11.5. The largest absolute Gasteiger partial charge is 0.465 e. The van der Waals surface area contributed by atoms with Crippen molar-refractivity contribution in [1.29, 1.82) is 0 Å². The molecular weight excluding hydrogens is 216 g/mol. The number of benzene rings is 1. The minimum absolute atomic E-state index is 0.160. The minimum Gasteiger partial charge on any atom is -0.465 e. The molecule has 4 nitrogen and oxygen atoms in total. The number of hydrogen-bond acceptors (Lipinski definition) is 4. The zero-order valence-corrected chi connectivity index (χ0v) is 10.3. The summed E-state index contributed by atoms with van der Waals surface area (Å²) in [5, 5.41) is 0. The van der Waals surface area contributed by atoms with Gasteiger partial charge in [0.05, 0.1) is 18.0 Å². The molecule has 1 aromatic carbocycles. The molecular formula is C13H18N2O2. The van der Waals surface area contributed by atoms with Gasteiger partial charge in [0.2, 0.25) is 0 Å². The molecule has 0 saturated carbocycles. The fourth-order valence-electron chi connectivity index (χ4n) is 2.09. The van der Waals surface area contributed by atoms with Crippen molar-refractivity contribution in [2.75, 3.05) is 43.1 Å². The van der Waals surface area contributed by atoms with Gasteiger partial charge in [-0.05, 0) is 19.1 Å². The van der Waals surface area contributed by atoms with E-state index in [9.17, 15) is 4.79 Å². The molecule has 0 saturated heterocycles. The average Bonchev–Trinajstić information content (AvgIpc) is 2.34. The lowest BCUT2D eigenvalue weighted by molar-refractivity contribution is -0.141. The van der Waals surface area contributed by atoms with E-state index in [4.69, 9.17) is 4.74 Å². The summed E-state index contributed by atoms with van der Waals surface area (Å²) in [5.41, 5.74) is 2.28. The van der Waals surface area contributed by atoms with Crippen LogP contribution >= 0.6 is 0 Å². The normalized spacial score (nSPS) is 14.5. The molecule has 0 amide bonds. The van der Waals surface area contributed by atoms with Crippen molar-refractivity contribution < 1.29 is 9.53 Å². The van der Waals surface area contributed by atoms with Crippen molar-refractivity contribution in [3.05, 3.63) is 24.3 Å². The van der Waals surface area contributed by atoms with E-state index < -0.39 is 0 Å². The van der Waals surface area contributed by atoms with Gasteiger partial charge in [0, 0.05) is 20.1 Å². The Morgan fingerprint density at radius 1 is 1.29 bits per heavy atom. The number of carbonyl (C=O) groups is 1. The van der Waals surface area contributed by atoms with E-state index in [0.29, 0.717) is 13.2 Å². The fraction of sp³-hybridized carbons (Fsp3) is 0.462. The third-order valence-corrected chi connectivity index (χ3v) is 2.96. The molecule has 0 aliphatic carbocycles. The molecule has 1 heterocycles. The van der Waals surface area contributed by atoms with Crippen LogP contribution in [-0.4, -0.2) is 39.3 Å². The second kappa shape index (κ2) is 5.08. The first-order valence-electron chi connectivity index (χ1n) is 5.93. The van der Waals surface area contributed by atoms with Gasteiger partial charge < -0.3 is 14.5 Å². The molecule has 0 unspecified atom stereocenters. The van der Waals surface area contributed by atoms with Gasteiger partial charge in [0.1, 0.15) is 6.54 Å². The summed E-state index contributed by atoms with van der Waals surface area (Å²) >= 11 is 0. The number of anilines is 2. The Hall–Kier alpha value is -1.71. The molecule has 17 heavy (non-hydrogen) atoms. The predicted octanol–water partition coefficient (Wildman–Crippen LogP) is 1.51. The van der Waals surface area contributed by atoms with E-state index in [-0.39, 0.29) is 5.97 Å². The smallest absolute Gasteiger partial charge is 0.325 e. The van der Waals surface area contributed by atoms with Crippen LogP contribution in [0, 0.1) is 0 Å². The van der Waals surface area contributed by atoms with Gasteiger partial charge in [-0.15, -0.1) is 0 Å². The quantitative estimate of drug-likeness (QED) is 0.742. The highest BCUT2D eigenvalue weighted by atomic mass is 16.5. The minimum atomic E-state index is -0.160. The number of hydrogen-bond donors (Lipinski definition) is 0. The Labute approximate surface area is 102 Å². The Kier molecular flexibility index (Phi) is 3.52. The Bertz CT molecular complexity index is 406. The van der Waals surface area contributed by atoms with Crippen LogP contribution in [0.25, 0.3) is 0 Å². The van der Waals surface area contributed by atoms with Gasteiger partial charge in [0.15, 0.2) is 0 Å². The molecule has 0 bridgehead atoms. The molecule has 1 aliphatic rings. The number of fused-ring (bicyclic) bond motifs is 1. The molecule has 0 N–H and O–H groups in total.